The van der Waals surface area contributed by atoms with Gasteiger partial charge in [0.25, 0.3) is 0 Å². The number of halogens is 2. The maximum absolute atomic E-state index is 13.9. The van der Waals surface area contributed by atoms with Gasteiger partial charge in [-0.2, -0.15) is 0 Å². The van der Waals surface area contributed by atoms with E-state index in [2.05, 4.69) is 25.8 Å². The van der Waals surface area contributed by atoms with Crippen molar-refractivity contribution < 1.29 is 18.0 Å². The Kier molecular flexibility index (Phi) is 5.29. The summed E-state index contributed by atoms with van der Waals surface area (Å²) in [5, 5.41) is 14.1. The number of benzene rings is 2. The molecule has 0 radical (unpaired) electrons. The molecule has 4 aromatic rings. The molecule has 0 aliphatic carbocycles. The van der Waals surface area contributed by atoms with Crippen LogP contribution >= 0.6 is 0 Å². The highest BCUT2D eigenvalue weighted by Gasteiger charge is 2.16. The van der Waals surface area contributed by atoms with Crippen molar-refractivity contribution >= 4 is 11.6 Å². The second kappa shape index (κ2) is 8.19. The highest BCUT2D eigenvalue weighted by atomic mass is 19.1. The zero-order valence-corrected chi connectivity index (χ0v) is 15.8. The summed E-state index contributed by atoms with van der Waals surface area (Å²) >= 11 is 0. The lowest BCUT2D eigenvalue weighted by atomic mass is 10.1. The van der Waals surface area contributed by atoms with Gasteiger partial charge in [-0.3, -0.25) is 4.79 Å². The third-order valence-electron chi connectivity index (χ3n) is 4.35. The zero-order chi connectivity index (χ0) is 21.1. The van der Waals surface area contributed by atoms with Crippen molar-refractivity contribution in [1.29, 1.82) is 0 Å². The van der Waals surface area contributed by atoms with E-state index in [1.54, 1.807) is 25.2 Å². The van der Waals surface area contributed by atoms with E-state index in [9.17, 15) is 13.6 Å². The van der Waals surface area contributed by atoms with E-state index in [-0.39, 0.29) is 36.0 Å². The Morgan fingerprint density at radius 2 is 1.93 bits per heavy atom. The molecule has 0 unspecified atom stereocenters. The van der Waals surface area contributed by atoms with Crippen LogP contribution in [0, 0.1) is 11.6 Å². The van der Waals surface area contributed by atoms with Crippen molar-refractivity contribution in [2.24, 2.45) is 7.05 Å². The van der Waals surface area contributed by atoms with Gasteiger partial charge in [0.1, 0.15) is 11.6 Å². The molecule has 0 spiro atoms. The first kappa shape index (κ1) is 19.4. The van der Waals surface area contributed by atoms with Gasteiger partial charge in [0.2, 0.25) is 5.91 Å². The largest absolute Gasteiger partial charge is 0.441 e. The van der Waals surface area contributed by atoms with Crippen LogP contribution in [0.15, 0.2) is 53.1 Å². The third-order valence-corrected chi connectivity index (χ3v) is 4.35. The number of rotatable bonds is 6. The molecule has 0 atom stereocenters. The Morgan fingerprint density at radius 3 is 2.67 bits per heavy atom. The van der Waals surface area contributed by atoms with E-state index in [1.165, 1.54) is 16.9 Å². The first-order valence-electron chi connectivity index (χ1n) is 9.03. The van der Waals surface area contributed by atoms with Crippen LogP contribution in [-0.2, 0) is 18.3 Å². The molecule has 4 rings (SSSR count). The number of nitrogens with one attached hydrogen (secondary N) is 1. The predicted octanol–water partition coefficient (Wildman–Crippen LogP) is 3.38. The molecule has 2 aromatic carbocycles. The maximum Gasteiger partial charge on any atom is 0.224 e. The number of anilines is 1. The summed E-state index contributed by atoms with van der Waals surface area (Å²) in [6.07, 6.45) is 1.50. The minimum absolute atomic E-state index is 0.0222. The van der Waals surface area contributed by atoms with Crippen molar-refractivity contribution in [3.8, 4) is 22.7 Å². The number of aromatic nitrogens is 5. The van der Waals surface area contributed by atoms with Gasteiger partial charge in [0, 0.05) is 31.1 Å². The second-order valence-corrected chi connectivity index (χ2v) is 6.47. The van der Waals surface area contributed by atoms with Crippen LogP contribution in [0.5, 0.6) is 0 Å². The van der Waals surface area contributed by atoms with E-state index in [4.69, 9.17) is 4.42 Å². The fourth-order valence-electron chi connectivity index (χ4n) is 2.93. The van der Waals surface area contributed by atoms with Gasteiger partial charge in [0.15, 0.2) is 17.5 Å². The van der Waals surface area contributed by atoms with Crippen LogP contribution in [0.4, 0.5) is 14.5 Å². The monoisotopic (exact) mass is 410 g/mol. The lowest BCUT2D eigenvalue weighted by Crippen LogP contribution is -2.12. The molecule has 0 bridgehead atoms. The Labute approximate surface area is 169 Å². The predicted molar refractivity (Wildman–Crippen MR) is 103 cm³/mol. The van der Waals surface area contributed by atoms with Gasteiger partial charge in [-0.15, -0.1) is 5.10 Å². The van der Waals surface area contributed by atoms with Crippen molar-refractivity contribution in [2.75, 3.05) is 5.32 Å². The molecular formula is C20H16F2N6O2. The SMILES string of the molecule is Cn1nnnc1-c1cccc(NC(=O)CCc2ncc(-c3c(F)cccc3F)o2)c1. The number of hydrogen-bond acceptors (Lipinski definition) is 6. The summed E-state index contributed by atoms with van der Waals surface area (Å²) in [5.74, 6) is -0.992. The molecule has 152 valence electrons. The van der Waals surface area contributed by atoms with Gasteiger partial charge in [-0.1, -0.05) is 18.2 Å². The molecule has 0 fully saturated rings. The number of nitrogens with zero attached hydrogens (tertiary/aromatic N) is 5. The summed E-state index contributed by atoms with van der Waals surface area (Å²) < 4.78 is 34.7. The van der Waals surface area contributed by atoms with Crippen LogP contribution in [0.25, 0.3) is 22.7 Å². The molecule has 2 aromatic heterocycles. The Morgan fingerprint density at radius 1 is 1.17 bits per heavy atom. The van der Waals surface area contributed by atoms with Gasteiger partial charge < -0.3 is 9.73 Å². The molecule has 0 aliphatic rings. The number of tetrazole rings is 1. The lowest BCUT2D eigenvalue weighted by molar-refractivity contribution is -0.116. The van der Waals surface area contributed by atoms with E-state index in [0.29, 0.717) is 11.5 Å². The molecular weight excluding hydrogens is 394 g/mol. The highest BCUT2D eigenvalue weighted by Crippen LogP contribution is 2.27. The average Bonchev–Trinajstić information content (AvgIpc) is 3.36. The Bertz CT molecular complexity index is 1180. The average molecular weight is 410 g/mol. The standard InChI is InChI=1S/C20H16F2N6O2/c1-28-20(25-26-27-28)12-4-2-5-13(10-12)24-17(29)8-9-18-23-11-16(30-18)19-14(21)6-3-7-15(19)22/h2-7,10-11H,8-9H2,1H3,(H,24,29). The first-order chi connectivity index (χ1) is 14.5. The van der Waals surface area contributed by atoms with Crippen molar-refractivity contribution in [3.05, 3.63) is 66.2 Å². The number of hydrogen-bond donors (Lipinski definition) is 1. The minimum atomic E-state index is -0.742. The van der Waals surface area contributed by atoms with Crippen LogP contribution < -0.4 is 5.32 Å². The summed E-state index contributed by atoms with van der Waals surface area (Å²) in [6, 6.07) is 10.7. The molecule has 2 heterocycles. The molecule has 10 heteroatoms. The zero-order valence-electron chi connectivity index (χ0n) is 15.8. The number of oxazole rings is 1. The molecule has 1 amide bonds. The lowest BCUT2D eigenvalue weighted by Gasteiger charge is -2.06. The Balaban J connectivity index is 1.39. The van der Waals surface area contributed by atoms with Crippen LogP contribution in [-0.4, -0.2) is 31.1 Å². The fraction of sp³-hybridized carbons (Fsp3) is 0.150. The maximum atomic E-state index is 13.9. The van der Waals surface area contributed by atoms with Gasteiger partial charge in [-0.25, -0.2) is 18.4 Å². The van der Waals surface area contributed by atoms with Crippen molar-refractivity contribution in [1.82, 2.24) is 25.2 Å². The summed E-state index contributed by atoms with van der Waals surface area (Å²) in [7, 11) is 1.72. The number of carbonyl (C=O) groups is 1. The normalized spacial score (nSPS) is 10.9. The van der Waals surface area contributed by atoms with Crippen LogP contribution in [0.3, 0.4) is 0 Å². The van der Waals surface area contributed by atoms with E-state index in [1.807, 2.05) is 6.07 Å². The number of aryl methyl sites for hydroxylation is 2. The number of amides is 1. The first-order valence-corrected chi connectivity index (χ1v) is 9.03. The van der Waals surface area contributed by atoms with E-state index < -0.39 is 11.6 Å². The minimum Gasteiger partial charge on any atom is -0.441 e. The summed E-state index contributed by atoms with van der Waals surface area (Å²) in [6.45, 7) is 0. The molecule has 0 aliphatic heterocycles. The van der Waals surface area contributed by atoms with Gasteiger partial charge >= 0.3 is 0 Å². The fourth-order valence-corrected chi connectivity index (χ4v) is 2.93. The second-order valence-electron chi connectivity index (χ2n) is 6.47. The number of carbonyl (C=O) groups excluding carboxylic acids is 1. The summed E-state index contributed by atoms with van der Waals surface area (Å²) in [4.78, 5) is 16.3. The van der Waals surface area contributed by atoms with Crippen LogP contribution in [0.1, 0.15) is 12.3 Å². The molecule has 0 saturated heterocycles. The van der Waals surface area contributed by atoms with E-state index >= 15 is 0 Å². The van der Waals surface area contributed by atoms with Crippen molar-refractivity contribution in [3.63, 3.8) is 0 Å². The van der Waals surface area contributed by atoms with Gasteiger partial charge in [-0.05, 0) is 34.7 Å². The third kappa shape index (κ3) is 4.07. The molecule has 1 N–H and O–H groups in total. The molecule has 30 heavy (non-hydrogen) atoms. The topological polar surface area (TPSA) is 98.7 Å². The molecule has 0 saturated carbocycles. The van der Waals surface area contributed by atoms with Gasteiger partial charge in [0.05, 0.1) is 11.8 Å². The molecule has 8 nitrogen and oxygen atoms in total. The smallest absolute Gasteiger partial charge is 0.224 e. The Hall–Kier alpha value is -3.95. The highest BCUT2D eigenvalue weighted by molar-refractivity contribution is 5.91. The van der Waals surface area contributed by atoms with Crippen molar-refractivity contribution in [2.45, 2.75) is 12.8 Å². The quantitative estimate of drug-likeness (QED) is 0.523. The van der Waals surface area contributed by atoms with E-state index in [0.717, 1.165) is 17.7 Å². The summed E-state index contributed by atoms with van der Waals surface area (Å²) in [5.41, 5.74) is 1.06. The van der Waals surface area contributed by atoms with Crippen LogP contribution in [0.2, 0.25) is 0 Å².